The Morgan fingerprint density at radius 2 is 2.05 bits per heavy atom. The van der Waals surface area contributed by atoms with Gasteiger partial charge in [0, 0.05) is 17.3 Å². The quantitative estimate of drug-likeness (QED) is 0.594. The van der Waals surface area contributed by atoms with Crippen LogP contribution in [0.15, 0.2) is 40.9 Å². The number of carbonyl (C=O) groups is 1. The molecule has 0 saturated carbocycles. The second-order valence-electron chi connectivity index (χ2n) is 4.08. The molecule has 2 aromatic rings. The predicted octanol–water partition coefficient (Wildman–Crippen LogP) is 3.00. The number of phenolic OH excluding ortho intramolecular Hbond substituents is 1. The minimum absolute atomic E-state index is 0.119. The molecule has 0 unspecified atom stereocenters. The van der Waals surface area contributed by atoms with Crippen LogP contribution in [0.5, 0.6) is 11.5 Å². The summed E-state index contributed by atoms with van der Waals surface area (Å²) in [7, 11) is 1.55. The fraction of sp³-hybridized carbons (Fsp3) is 0.0714. The highest BCUT2D eigenvalue weighted by Gasteiger charge is 2.09. The molecule has 1 amide bonds. The summed E-state index contributed by atoms with van der Waals surface area (Å²) in [6.07, 6.45) is 0. The normalized spacial score (nSPS) is 10.1. The first-order valence-electron chi connectivity index (χ1n) is 5.74. The number of hydrogen-bond acceptors (Lipinski definition) is 4. The van der Waals surface area contributed by atoms with Gasteiger partial charge in [0.1, 0.15) is 11.5 Å². The zero-order valence-electron chi connectivity index (χ0n) is 10.7. The van der Waals surface area contributed by atoms with Crippen LogP contribution < -0.4 is 15.8 Å². The van der Waals surface area contributed by atoms with E-state index >= 15 is 0 Å². The molecule has 20 heavy (non-hydrogen) atoms. The van der Waals surface area contributed by atoms with Gasteiger partial charge in [-0.3, -0.25) is 4.79 Å². The standard InChI is InChI=1S/C14H13BrN2O3/c1-20-13-7-9(3-4-10(13)15)17-14(19)8-2-5-11(16)12(18)6-8/h2-7,18H,16H2,1H3,(H,17,19). The van der Waals surface area contributed by atoms with Crippen molar-refractivity contribution in [3.8, 4) is 11.5 Å². The van der Waals surface area contributed by atoms with Crippen molar-refractivity contribution in [2.24, 2.45) is 0 Å². The third kappa shape index (κ3) is 3.03. The van der Waals surface area contributed by atoms with E-state index in [4.69, 9.17) is 10.5 Å². The van der Waals surface area contributed by atoms with E-state index in [-0.39, 0.29) is 17.3 Å². The van der Waals surface area contributed by atoms with Crippen LogP contribution in [-0.2, 0) is 0 Å². The second kappa shape index (κ2) is 5.83. The van der Waals surface area contributed by atoms with Crippen molar-refractivity contribution in [2.45, 2.75) is 0 Å². The number of phenols is 1. The highest BCUT2D eigenvalue weighted by molar-refractivity contribution is 9.10. The first kappa shape index (κ1) is 14.2. The number of amides is 1. The third-order valence-electron chi connectivity index (χ3n) is 2.70. The number of anilines is 2. The smallest absolute Gasteiger partial charge is 0.255 e. The van der Waals surface area contributed by atoms with E-state index in [1.54, 1.807) is 31.4 Å². The minimum atomic E-state index is -0.343. The number of carbonyl (C=O) groups excluding carboxylic acids is 1. The largest absolute Gasteiger partial charge is 0.506 e. The molecule has 0 aliphatic heterocycles. The Labute approximate surface area is 124 Å². The van der Waals surface area contributed by atoms with Gasteiger partial charge in [-0.1, -0.05) is 0 Å². The SMILES string of the molecule is COc1cc(NC(=O)c2ccc(N)c(O)c2)ccc1Br. The number of methoxy groups -OCH3 is 1. The van der Waals surface area contributed by atoms with Crippen LogP contribution in [0.1, 0.15) is 10.4 Å². The summed E-state index contributed by atoms with van der Waals surface area (Å²) >= 11 is 3.33. The molecule has 104 valence electrons. The second-order valence-corrected chi connectivity index (χ2v) is 4.93. The van der Waals surface area contributed by atoms with E-state index < -0.39 is 0 Å². The molecule has 0 bridgehead atoms. The van der Waals surface area contributed by atoms with Gasteiger partial charge >= 0.3 is 0 Å². The number of nitrogen functional groups attached to an aromatic ring is 1. The summed E-state index contributed by atoms with van der Waals surface area (Å²) < 4.78 is 5.95. The van der Waals surface area contributed by atoms with Crippen LogP contribution >= 0.6 is 15.9 Å². The van der Waals surface area contributed by atoms with Crippen LogP contribution in [-0.4, -0.2) is 18.1 Å². The van der Waals surface area contributed by atoms with Crippen molar-refractivity contribution in [3.05, 3.63) is 46.4 Å². The molecule has 0 aliphatic carbocycles. The van der Waals surface area contributed by atoms with Gasteiger partial charge < -0.3 is 20.9 Å². The summed E-state index contributed by atoms with van der Waals surface area (Å²) in [6.45, 7) is 0. The Balaban J connectivity index is 2.21. The molecule has 0 radical (unpaired) electrons. The number of benzene rings is 2. The third-order valence-corrected chi connectivity index (χ3v) is 3.36. The van der Waals surface area contributed by atoms with Gasteiger partial charge in [0.2, 0.25) is 0 Å². The van der Waals surface area contributed by atoms with Crippen LogP contribution in [0.4, 0.5) is 11.4 Å². The Bertz CT molecular complexity index is 659. The topological polar surface area (TPSA) is 84.6 Å². The average molecular weight is 337 g/mol. The molecule has 0 aromatic heterocycles. The highest BCUT2D eigenvalue weighted by atomic mass is 79.9. The number of aromatic hydroxyl groups is 1. The van der Waals surface area contributed by atoms with Crippen molar-refractivity contribution in [1.82, 2.24) is 0 Å². The molecule has 0 aliphatic rings. The number of hydrogen-bond donors (Lipinski definition) is 3. The van der Waals surface area contributed by atoms with Crippen LogP contribution in [0.3, 0.4) is 0 Å². The van der Waals surface area contributed by atoms with E-state index in [2.05, 4.69) is 21.2 Å². The predicted molar refractivity (Wildman–Crippen MR) is 81.2 cm³/mol. The van der Waals surface area contributed by atoms with Crippen LogP contribution in [0, 0.1) is 0 Å². The molecular formula is C14H13BrN2O3. The fourth-order valence-corrected chi connectivity index (χ4v) is 2.03. The number of ether oxygens (including phenoxy) is 1. The summed E-state index contributed by atoms with van der Waals surface area (Å²) in [6, 6.07) is 9.54. The highest BCUT2D eigenvalue weighted by Crippen LogP contribution is 2.28. The van der Waals surface area contributed by atoms with E-state index in [0.29, 0.717) is 17.0 Å². The van der Waals surface area contributed by atoms with E-state index in [9.17, 15) is 9.90 Å². The monoisotopic (exact) mass is 336 g/mol. The molecule has 0 atom stereocenters. The molecule has 0 heterocycles. The summed E-state index contributed by atoms with van der Waals surface area (Å²) in [5, 5.41) is 12.2. The first-order chi connectivity index (χ1) is 9.51. The maximum atomic E-state index is 12.0. The summed E-state index contributed by atoms with van der Waals surface area (Å²) in [5.41, 5.74) is 6.63. The van der Waals surface area contributed by atoms with Crippen molar-refractivity contribution in [3.63, 3.8) is 0 Å². The van der Waals surface area contributed by atoms with Crippen molar-refractivity contribution < 1.29 is 14.6 Å². The fourth-order valence-electron chi connectivity index (χ4n) is 1.63. The molecule has 0 saturated heterocycles. The Morgan fingerprint density at radius 1 is 1.30 bits per heavy atom. The van der Waals surface area contributed by atoms with Gasteiger partial charge in [0.15, 0.2) is 0 Å². The van der Waals surface area contributed by atoms with Gasteiger partial charge in [-0.05, 0) is 46.3 Å². The maximum Gasteiger partial charge on any atom is 0.255 e. The van der Waals surface area contributed by atoms with E-state index in [1.807, 2.05) is 0 Å². The first-order valence-corrected chi connectivity index (χ1v) is 6.54. The number of rotatable bonds is 3. The van der Waals surface area contributed by atoms with Crippen molar-refractivity contribution in [1.29, 1.82) is 0 Å². The lowest BCUT2D eigenvalue weighted by atomic mass is 10.1. The van der Waals surface area contributed by atoms with Crippen molar-refractivity contribution in [2.75, 3.05) is 18.2 Å². The summed E-state index contributed by atoms with van der Waals surface area (Å²) in [4.78, 5) is 12.0. The lowest BCUT2D eigenvalue weighted by molar-refractivity contribution is 0.102. The molecule has 6 heteroatoms. The Kier molecular flexibility index (Phi) is 4.14. The number of nitrogens with two attached hydrogens (primary N) is 1. The zero-order valence-corrected chi connectivity index (χ0v) is 12.3. The average Bonchev–Trinajstić information content (AvgIpc) is 2.43. The molecule has 2 rings (SSSR count). The molecule has 0 fully saturated rings. The molecular weight excluding hydrogens is 324 g/mol. The maximum absolute atomic E-state index is 12.0. The van der Waals surface area contributed by atoms with E-state index in [0.717, 1.165) is 4.47 Å². The van der Waals surface area contributed by atoms with Gasteiger partial charge in [-0.15, -0.1) is 0 Å². The van der Waals surface area contributed by atoms with Crippen molar-refractivity contribution >= 4 is 33.2 Å². The molecule has 2 aromatic carbocycles. The zero-order chi connectivity index (χ0) is 14.7. The van der Waals surface area contributed by atoms with Gasteiger partial charge in [-0.2, -0.15) is 0 Å². The van der Waals surface area contributed by atoms with Gasteiger partial charge in [-0.25, -0.2) is 0 Å². The Hall–Kier alpha value is -2.21. The molecule has 5 nitrogen and oxygen atoms in total. The Morgan fingerprint density at radius 3 is 2.70 bits per heavy atom. The number of halogens is 1. The molecule has 4 N–H and O–H groups in total. The van der Waals surface area contributed by atoms with E-state index in [1.165, 1.54) is 12.1 Å². The van der Waals surface area contributed by atoms with Gasteiger partial charge in [0.05, 0.1) is 17.3 Å². The van der Waals surface area contributed by atoms with Gasteiger partial charge in [0.25, 0.3) is 5.91 Å². The molecule has 0 spiro atoms. The number of nitrogens with one attached hydrogen (secondary N) is 1. The lowest BCUT2D eigenvalue weighted by Crippen LogP contribution is -2.12. The van der Waals surface area contributed by atoms with Crippen LogP contribution in [0.25, 0.3) is 0 Å². The lowest BCUT2D eigenvalue weighted by Gasteiger charge is -2.09. The summed E-state index contributed by atoms with van der Waals surface area (Å²) in [5.74, 6) is 0.152. The minimum Gasteiger partial charge on any atom is -0.506 e. The van der Waals surface area contributed by atoms with Crippen LogP contribution in [0.2, 0.25) is 0 Å².